The first-order chi connectivity index (χ1) is 8.20. The molecule has 2 rings (SSSR count). The highest BCUT2D eigenvalue weighted by atomic mass is 32.1. The molecule has 0 radical (unpaired) electrons. The van der Waals surface area contributed by atoms with E-state index in [9.17, 15) is 0 Å². The van der Waals surface area contributed by atoms with E-state index in [0.29, 0.717) is 25.2 Å². The van der Waals surface area contributed by atoms with Gasteiger partial charge in [-0.15, -0.1) is 0 Å². The fourth-order valence-electron chi connectivity index (χ4n) is 2.54. The molecule has 0 spiro atoms. The summed E-state index contributed by atoms with van der Waals surface area (Å²) < 4.78 is 5.51. The van der Waals surface area contributed by atoms with Crippen LogP contribution in [-0.2, 0) is 4.74 Å². The Morgan fingerprint density at radius 2 is 2.18 bits per heavy atom. The fourth-order valence-corrected chi connectivity index (χ4v) is 2.96. The van der Waals surface area contributed by atoms with E-state index in [1.807, 2.05) is 0 Å². The zero-order valence-electron chi connectivity index (χ0n) is 10.4. The molecule has 1 heterocycles. The maximum absolute atomic E-state index is 9.15. The highest BCUT2D eigenvalue weighted by Crippen LogP contribution is 2.19. The van der Waals surface area contributed by atoms with Crippen LogP contribution in [0.1, 0.15) is 32.6 Å². The number of thiocarbonyl (C=S) groups is 1. The van der Waals surface area contributed by atoms with Crippen molar-refractivity contribution < 1.29 is 9.84 Å². The van der Waals surface area contributed by atoms with E-state index in [1.54, 1.807) is 0 Å². The van der Waals surface area contributed by atoms with E-state index in [-0.39, 0.29) is 12.7 Å². The van der Waals surface area contributed by atoms with Gasteiger partial charge in [0.25, 0.3) is 0 Å². The second kappa shape index (κ2) is 5.98. The second-order valence-corrected chi connectivity index (χ2v) is 5.46. The van der Waals surface area contributed by atoms with E-state index < -0.39 is 0 Å². The fraction of sp³-hybridized carbons (Fsp3) is 0.917. The van der Waals surface area contributed by atoms with Crippen LogP contribution in [0.2, 0.25) is 0 Å². The maximum atomic E-state index is 9.15. The summed E-state index contributed by atoms with van der Waals surface area (Å²) in [6.07, 6.45) is 4.95. The number of nitrogens with zero attached hydrogens (tertiary/aromatic N) is 1. The Balaban J connectivity index is 1.87. The standard InChI is InChI=1S/C12H22N2O2S/c1-9-8-16-11(7-15)6-14(9)12(17)13-10-4-2-3-5-10/h9-11,15H,2-8H2,1H3,(H,13,17). The Bertz CT molecular complexity index is 269. The molecular formula is C12H22N2O2S. The van der Waals surface area contributed by atoms with Gasteiger partial charge in [0, 0.05) is 12.6 Å². The molecule has 0 amide bonds. The number of aliphatic hydroxyl groups is 1. The Hall–Kier alpha value is -0.390. The van der Waals surface area contributed by atoms with Gasteiger partial charge in [-0.3, -0.25) is 0 Å². The summed E-state index contributed by atoms with van der Waals surface area (Å²) in [6, 6.07) is 0.837. The van der Waals surface area contributed by atoms with Crippen molar-refractivity contribution in [2.24, 2.45) is 0 Å². The molecule has 2 fully saturated rings. The lowest BCUT2D eigenvalue weighted by molar-refractivity contribution is -0.0563. The van der Waals surface area contributed by atoms with E-state index in [0.717, 1.165) is 5.11 Å². The molecule has 1 aliphatic carbocycles. The molecule has 17 heavy (non-hydrogen) atoms. The third-order valence-corrected chi connectivity index (χ3v) is 4.01. The van der Waals surface area contributed by atoms with E-state index in [1.165, 1.54) is 25.7 Å². The van der Waals surface area contributed by atoms with Crippen molar-refractivity contribution in [1.82, 2.24) is 10.2 Å². The summed E-state index contributed by atoms with van der Waals surface area (Å²) in [4.78, 5) is 2.15. The Morgan fingerprint density at radius 1 is 1.47 bits per heavy atom. The number of hydrogen-bond acceptors (Lipinski definition) is 3. The molecule has 2 atom stereocenters. The van der Waals surface area contributed by atoms with Crippen molar-refractivity contribution in [3.05, 3.63) is 0 Å². The number of ether oxygens (including phenoxy) is 1. The number of rotatable bonds is 2. The summed E-state index contributed by atoms with van der Waals surface area (Å²) in [6.45, 7) is 3.50. The smallest absolute Gasteiger partial charge is 0.169 e. The average Bonchev–Trinajstić information content (AvgIpc) is 2.82. The van der Waals surface area contributed by atoms with Gasteiger partial charge in [-0.05, 0) is 32.0 Å². The number of aliphatic hydroxyl groups excluding tert-OH is 1. The minimum absolute atomic E-state index is 0.0647. The summed E-state index contributed by atoms with van der Waals surface area (Å²) in [5.74, 6) is 0. The van der Waals surface area contributed by atoms with Crippen molar-refractivity contribution in [1.29, 1.82) is 0 Å². The third-order valence-electron chi connectivity index (χ3n) is 3.65. The predicted molar refractivity (Wildman–Crippen MR) is 71.0 cm³/mol. The molecule has 98 valence electrons. The maximum Gasteiger partial charge on any atom is 0.169 e. The minimum atomic E-state index is -0.102. The van der Waals surface area contributed by atoms with Crippen LogP contribution in [0.25, 0.3) is 0 Å². The monoisotopic (exact) mass is 258 g/mol. The lowest BCUT2D eigenvalue weighted by atomic mass is 10.2. The Labute approximate surface area is 108 Å². The highest BCUT2D eigenvalue weighted by molar-refractivity contribution is 7.80. The van der Waals surface area contributed by atoms with Gasteiger partial charge in [-0.1, -0.05) is 12.8 Å². The first-order valence-electron chi connectivity index (χ1n) is 6.50. The van der Waals surface area contributed by atoms with Gasteiger partial charge in [-0.2, -0.15) is 0 Å². The number of morpholine rings is 1. The molecule has 4 nitrogen and oxygen atoms in total. The van der Waals surface area contributed by atoms with Crippen LogP contribution in [-0.4, -0.2) is 53.1 Å². The first kappa shape index (κ1) is 13.1. The van der Waals surface area contributed by atoms with Crippen LogP contribution >= 0.6 is 12.2 Å². The van der Waals surface area contributed by atoms with Crippen LogP contribution in [0, 0.1) is 0 Å². The largest absolute Gasteiger partial charge is 0.394 e. The molecule has 2 unspecified atom stereocenters. The van der Waals surface area contributed by atoms with Gasteiger partial charge in [0.15, 0.2) is 5.11 Å². The van der Waals surface area contributed by atoms with Gasteiger partial charge in [-0.25, -0.2) is 0 Å². The third kappa shape index (κ3) is 3.30. The summed E-state index contributed by atoms with van der Waals surface area (Å²) in [5, 5.41) is 13.4. The minimum Gasteiger partial charge on any atom is -0.394 e. The number of hydrogen-bond donors (Lipinski definition) is 2. The van der Waals surface area contributed by atoms with Gasteiger partial charge >= 0.3 is 0 Å². The molecule has 1 aliphatic heterocycles. The second-order valence-electron chi connectivity index (χ2n) is 5.07. The average molecular weight is 258 g/mol. The highest BCUT2D eigenvalue weighted by Gasteiger charge is 2.28. The van der Waals surface area contributed by atoms with E-state index in [2.05, 4.69) is 17.1 Å². The molecule has 5 heteroatoms. The Morgan fingerprint density at radius 3 is 2.82 bits per heavy atom. The molecule has 2 aliphatic rings. The van der Waals surface area contributed by atoms with Crippen LogP contribution in [0.3, 0.4) is 0 Å². The van der Waals surface area contributed by atoms with Gasteiger partial charge in [0.2, 0.25) is 0 Å². The quantitative estimate of drug-likeness (QED) is 0.720. The zero-order valence-corrected chi connectivity index (χ0v) is 11.2. The Kier molecular flexibility index (Phi) is 4.59. The first-order valence-corrected chi connectivity index (χ1v) is 6.91. The lowest BCUT2D eigenvalue weighted by Gasteiger charge is -2.39. The molecule has 0 aromatic heterocycles. The summed E-state index contributed by atoms with van der Waals surface area (Å²) in [7, 11) is 0. The van der Waals surface area contributed by atoms with Crippen LogP contribution < -0.4 is 5.32 Å². The van der Waals surface area contributed by atoms with E-state index >= 15 is 0 Å². The SMILES string of the molecule is CC1COC(CO)CN1C(=S)NC1CCCC1. The topological polar surface area (TPSA) is 44.7 Å². The van der Waals surface area contributed by atoms with Gasteiger partial charge in [0.1, 0.15) is 0 Å². The van der Waals surface area contributed by atoms with Crippen LogP contribution in [0.4, 0.5) is 0 Å². The number of nitrogens with one attached hydrogen (secondary N) is 1. The van der Waals surface area contributed by atoms with Crippen molar-refractivity contribution in [3.8, 4) is 0 Å². The molecular weight excluding hydrogens is 236 g/mol. The molecule has 1 saturated carbocycles. The zero-order chi connectivity index (χ0) is 12.3. The molecule has 1 saturated heterocycles. The van der Waals surface area contributed by atoms with Crippen molar-refractivity contribution in [2.45, 2.75) is 50.8 Å². The molecule has 0 bridgehead atoms. The van der Waals surface area contributed by atoms with Gasteiger partial charge < -0.3 is 20.1 Å². The van der Waals surface area contributed by atoms with Crippen molar-refractivity contribution >= 4 is 17.3 Å². The predicted octanol–water partition coefficient (Wildman–Crippen LogP) is 0.885. The normalized spacial score (nSPS) is 30.6. The van der Waals surface area contributed by atoms with Crippen molar-refractivity contribution in [2.75, 3.05) is 19.8 Å². The van der Waals surface area contributed by atoms with Gasteiger partial charge in [0.05, 0.1) is 25.4 Å². The van der Waals surface area contributed by atoms with Crippen molar-refractivity contribution in [3.63, 3.8) is 0 Å². The summed E-state index contributed by atoms with van der Waals surface area (Å²) in [5.41, 5.74) is 0. The van der Waals surface area contributed by atoms with Crippen LogP contribution in [0.5, 0.6) is 0 Å². The lowest BCUT2D eigenvalue weighted by Crippen LogP contribution is -2.56. The molecule has 0 aromatic carbocycles. The van der Waals surface area contributed by atoms with Crippen LogP contribution in [0.15, 0.2) is 0 Å². The van der Waals surface area contributed by atoms with E-state index in [4.69, 9.17) is 22.1 Å². The molecule has 0 aromatic rings. The summed E-state index contributed by atoms with van der Waals surface area (Å²) >= 11 is 5.47. The molecule has 2 N–H and O–H groups in total.